The highest BCUT2D eigenvalue weighted by Gasteiger charge is 2.28. The van der Waals surface area contributed by atoms with Crippen LogP contribution in [0.1, 0.15) is 70.9 Å². The standard InChI is InChI=1S/C32H36F2N10O2/c1-17-22-9-8-18-13-27(44(29(18)37-22)12-6-4-5-7-23-28(32(46)36-17)41-43(3)40-23)30-38-24-14-19(21(34)15-26(24)42(30)2)31(45)39-25-16-35-11-10-20(25)33/h8-9,13-15,17,20,25,35H,4-7,10-12,16H2,1-3H3,(H,36,46)(H,39,45)/t17-,20+,25+/m1/s1. The van der Waals surface area contributed by atoms with Gasteiger partial charge < -0.3 is 25.1 Å². The molecule has 0 radical (unpaired) electrons. The van der Waals surface area contributed by atoms with Gasteiger partial charge in [-0.15, -0.1) is 5.10 Å². The lowest BCUT2D eigenvalue weighted by Crippen LogP contribution is -2.52. The van der Waals surface area contributed by atoms with Gasteiger partial charge in [0.2, 0.25) is 0 Å². The molecule has 4 aromatic heterocycles. The molecule has 1 aromatic carbocycles. The van der Waals surface area contributed by atoms with Gasteiger partial charge in [0, 0.05) is 38.6 Å². The topological polar surface area (TPSA) is 137 Å². The first-order chi connectivity index (χ1) is 22.2. The van der Waals surface area contributed by atoms with E-state index in [0.717, 1.165) is 36.0 Å². The number of aromatic nitrogens is 7. The van der Waals surface area contributed by atoms with Crippen molar-refractivity contribution in [2.24, 2.45) is 14.1 Å². The number of rotatable bonds is 3. The van der Waals surface area contributed by atoms with Crippen LogP contribution in [0.4, 0.5) is 8.78 Å². The molecule has 3 N–H and O–H groups in total. The van der Waals surface area contributed by atoms with Gasteiger partial charge in [0.05, 0.1) is 45.8 Å². The molecule has 2 aliphatic rings. The van der Waals surface area contributed by atoms with Crippen LogP contribution in [-0.2, 0) is 27.1 Å². The van der Waals surface area contributed by atoms with Gasteiger partial charge in [0.1, 0.15) is 17.6 Å². The number of halogens is 2. The van der Waals surface area contributed by atoms with E-state index < -0.39 is 23.9 Å². The molecular formula is C32H36F2N10O2. The second-order valence-corrected chi connectivity index (χ2v) is 12.2. The summed E-state index contributed by atoms with van der Waals surface area (Å²) in [6, 6.07) is 7.50. The van der Waals surface area contributed by atoms with Gasteiger partial charge in [-0.2, -0.15) is 9.90 Å². The van der Waals surface area contributed by atoms with Crippen molar-refractivity contribution in [1.29, 1.82) is 0 Å². The van der Waals surface area contributed by atoms with Gasteiger partial charge in [-0.3, -0.25) is 9.59 Å². The normalized spacial score (nSPS) is 20.9. The highest BCUT2D eigenvalue weighted by Crippen LogP contribution is 2.32. The van der Waals surface area contributed by atoms with Crippen molar-refractivity contribution in [3.63, 3.8) is 0 Å². The number of alkyl halides is 1. The summed E-state index contributed by atoms with van der Waals surface area (Å²) >= 11 is 0. The molecule has 46 heavy (non-hydrogen) atoms. The maximum absolute atomic E-state index is 15.3. The molecule has 3 atom stereocenters. The minimum absolute atomic E-state index is 0.175. The summed E-state index contributed by atoms with van der Waals surface area (Å²) in [7, 11) is 3.53. The number of piperidine rings is 1. The molecule has 240 valence electrons. The van der Waals surface area contributed by atoms with Crippen LogP contribution in [0.5, 0.6) is 0 Å². The fraction of sp³-hybridized carbons (Fsp3) is 0.438. The summed E-state index contributed by atoms with van der Waals surface area (Å²) in [4.78, 5) is 37.5. The van der Waals surface area contributed by atoms with Crippen molar-refractivity contribution >= 4 is 33.9 Å². The monoisotopic (exact) mass is 630 g/mol. The molecule has 0 spiro atoms. The SMILES string of the molecule is C[C@H]1NC(=O)c2nn(C)nc2CCCCCn2c(-c3nc4cc(C(=O)N[C@H]5CNCC[C@@H]5F)c(F)cc4n3C)cc3ccc1nc32. The van der Waals surface area contributed by atoms with Gasteiger partial charge in [0.25, 0.3) is 11.8 Å². The Labute approximate surface area is 263 Å². The number of fused-ring (bicyclic) bond motifs is 3. The van der Waals surface area contributed by atoms with E-state index in [1.54, 1.807) is 7.05 Å². The lowest BCUT2D eigenvalue weighted by atomic mass is 10.0. The van der Waals surface area contributed by atoms with Gasteiger partial charge in [0.15, 0.2) is 11.5 Å². The van der Waals surface area contributed by atoms with Crippen molar-refractivity contribution in [3.05, 3.63) is 58.8 Å². The van der Waals surface area contributed by atoms with E-state index in [1.807, 2.05) is 36.7 Å². The number of hydrogen-bond donors (Lipinski definition) is 3. The van der Waals surface area contributed by atoms with Crippen LogP contribution in [0, 0.1) is 5.82 Å². The predicted molar refractivity (Wildman–Crippen MR) is 167 cm³/mol. The average molecular weight is 631 g/mol. The first-order valence-corrected chi connectivity index (χ1v) is 15.7. The van der Waals surface area contributed by atoms with Crippen LogP contribution in [0.2, 0.25) is 0 Å². The number of nitrogens with one attached hydrogen (secondary N) is 3. The molecule has 0 unspecified atom stereocenters. The minimum atomic E-state index is -1.19. The molecule has 2 amide bonds. The Bertz CT molecular complexity index is 1980. The molecule has 7 rings (SSSR count). The zero-order valence-electron chi connectivity index (χ0n) is 26.0. The number of imidazole rings is 1. The molecule has 6 heterocycles. The van der Waals surface area contributed by atoms with Crippen LogP contribution in [0.15, 0.2) is 30.3 Å². The zero-order chi connectivity index (χ0) is 32.1. The minimum Gasteiger partial charge on any atom is -0.345 e. The van der Waals surface area contributed by atoms with Gasteiger partial charge >= 0.3 is 0 Å². The van der Waals surface area contributed by atoms with E-state index in [2.05, 4.69) is 30.7 Å². The van der Waals surface area contributed by atoms with Gasteiger partial charge in [-0.1, -0.05) is 6.42 Å². The lowest BCUT2D eigenvalue weighted by molar-refractivity contribution is 0.0887. The Kier molecular flexibility index (Phi) is 7.75. The van der Waals surface area contributed by atoms with Crippen LogP contribution >= 0.6 is 0 Å². The largest absolute Gasteiger partial charge is 0.345 e. The third-order valence-electron chi connectivity index (χ3n) is 9.01. The molecule has 1 fully saturated rings. The second kappa shape index (κ2) is 11.9. The first-order valence-electron chi connectivity index (χ1n) is 15.7. The number of hydrogen-bond acceptors (Lipinski definition) is 7. The van der Waals surface area contributed by atoms with E-state index in [1.165, 1.54) is 16.9 Å². The Balaban J connectivity index is 1.25. The Morgan fingerprint density at radius 1 is 1.09 bits per heavy atom. The predicted octanol–water partition coefficient (Wildman–Crippen LogP) is 3.50. The third-order valence-corrected chi connectivity index (χ3v) is 9.01. The summed E-state index contributed by atoms with van der Waals surface area (Å²) in [6.45, 7) is 3.37. The van der Waals surface area contributed by atoms with Crippen molar-refractivity contribution in [1.82, 2.24) is 50.0 Å². The number of nitrogens with zero attached hydrogens (tertiary/aromatic N) is 7. The number of benzene rings is 1. The highest BCUT2D eigenvalue weighted by molar-refractivity contribution is 5.98. The van der Waals surface area contributed by atoms with Crippen molar-refractivity contribution in [2.75, 3.05) is 13.1 Å². The number of amides is 2. The van der Waals surface area contributed by atoms with Crippen LogP contribution in [0.3, 0.4) is 0 Å². The second-order valence-electron chi connectivity index (χ2n) is 12.2. The Morgan fingerprint density at radius 3 is 2.76 bits per heavy atom. The van der Waals surface area contributed by atoms with Crippen LogP contribution in [-0.4, -0.2) is 71.2 Å². The Morgan fingerprint density at radius 2 is 1.93 bits per heavy atom. The number of pyridine rings is 1. The van der Waals surface area contributed by atoms with Crippen molar-refractivity contribution in [2.45, 2.75) is 63.8 Å². The molecular weight excluding hydrogens is 594 g/mol. The maximum Gasteiger partial charge on any atom is 0.274 e. The number of aryl methyl sites for hydroxylation is 4. The molecule has 0 saturated carbocycles. The lowest BCUT2D eigenvalue weighted by Gasteiger charge is -2.27. The number of carbonyl (C=O) groups is 2. The van der Waals surface area contributed by atoms with E-state index in [4.69, 9.17) is 9.97 Å². The van der Waals surface area contributed by atoms with Crippen LogP contribution < -0.4 is 16.0 Å². The molecule has 1 saturated heterocycles. The molecule has 5 aromatic rings. The summed E-state index contributed by atoms with van der Waals surface area (Å²) in [5, 5.41) is 18.4. The molecule has 2 aliphatic heterocycles. The van der Waals surface area contributed by atoms with Gasteiger partial charge in [-0.05, 0) is 63.4 Å². The van der Waals surface area contributed by atoms with E-state index in [9.17, 15) is 14.0 Å². The quantitative estimate of drug-likeness (QED) is 0.278. The fourth-order valence-corrected chi connectivity index (χ4v) is 6.49. The van der Waals surface area contributed by atoms with Crippen molar-refractivity contribution in [3.8, 4) is 11.5 Å². The van der Waals surface area contributed by atoms with Gasteiger partial charge in [-0.25, -0.2) is 18.7 Å². The highest BCUT2D eigenvalue weighted by atomic mass is 19.1. The molecule has 2 bridgehead atoms. The summed E-state index contributed by atoms with van der Waals surface area (Å²) in [5.41, 5.74) is 4.07. The molecule has 14 heteroatoms. The maximum atomic E-state index is 15.3. The van der Waals surface area contributed by atoms with E-state index in [0.29, 0.717) is 53.4 Å². The smallest absolute Gasteiger partial charge is 0.274 e. The summed E-state index contributed by atoms with van der Waals surface area (Å²) < 4.78 is 33.6. The first kappa shape index (κ1) is 30.0. The summed E-state index contributed by atoms with van der Waals surface area (Å²) in [6.07, 6.45) is 2.29. The average Bonchev–Trinajstić information content (AvgIpc) is 3.69. The van der Waals surface area contributed by atoms with Crippen LogP contribution in [0.25, 0.3) is 33.6 Å². The Hall–Kier alpha value is -4.72. The molecule has 0 aliphatic carbocycles. The third kappa shape index (κ3) is 5.40. The van der Waals surface area contributed by atoms with Crippen molar-refractivity contribution < 1.29 is 18.4 Å². The fourth-order valence-electron chi connectivity index (χ4n) is 6.49. The summed E-state index contributed by atoms with van der Waals surface area (Å²) in [5.74, 6) is -1.06. The molecule has 12 nitrogen and oxygen atoms in total. The number of carbonyl (C=O) groups excluding carboxylic acids is 2. The van der Waals surface area contributed by atoms with E-state index >= 15 is 4.39 Å². The van der Waals surface area contributed by atoms with E-state index in [-0.39, 0.29) is 30.5 Å². The zero-order valence-corrected chi connectivity index (χ0v) is 26.0.